The summed E-state index contributed by atoms with van der Waals surface area (Å²) in [5.41, 5.74) is 2.44. The van der Waals surface area contributed by atoms with Gasteiger partial charge in [0.15, 0.2) is 5.65 Å². The van der Waals surface area contributed by atoms with Crippen LogP contribution in [0, 0.1) is 5.92 Å². The summed E-state index contributed by atoms with van der Waals surface area (Å²) in [6, 6.07) is 12.4. The summed E-state index contributed by atoms with van der Waals surface area (Å²) >= 11 is 5.98. The van der Waals surface area contributed by atoms with Gasteiger partial charge in [0, 0.05) is 22.2 Å². The Labute approximate surface area is 183 Å². The zero-order chi connectivity index (χ0) is 21.5. The number of carbonyl (C=O) groups is 1. The van der Waals surface area contributed by atoms with Gasteiger partial charge in [-0.1, -0.05) is 30.7 Å². The number of nitrogens with one attached hydrogen (secondary N) is 2. The molecule has 1 amide bonds. The van der Waals surface area contributed by atoms with Gasteiger partial charge in [0.25, 0.3) is 11.5 Å². The lowest BCUT2D eigenvalue weighted by Crippen LogP contribution is -2.37. The van der Waals surface area contributed by atoms with Crippen molar-refractivity contribution in [3.63, 3.8) is 0 Å². The number of halogens is 1. The minimum absolute atomic E-state index is 0.128. The Balaban J connectivity index is 1.54. The van der Waals surface area contributed by atoms with Crippen molar-refractivity contribution in [2.75, 3.05) is 0 Å². The SMILES string of the molecule is CC1CCC(NC(=O)c2ccc3c(=O)nc4c(-c5ccc(Cl)cc5)n[nH]n4c3c2)CC1. The maximum absolute atomic E-state index is 12.9. The quantitative estimate of drug-likeness (QED) is 0.504. The van der Waals surface area contributed by atoms with Crippen LogP contribution < -0.4 is 10.9 Å². The Bertz CT molecular complexity index is 1330. The van der Waals surface area contributed by atoms with Crippen LogP contribution in [0.1, 0.15) is 43.0 Å². The lowest BCUT2D eigenvalue weighted by Gasteiger charge is -2.26. The predicted molar refractivity (Wildman–Crippen MR) is 120 cm³/mol. The number of benzene rings is 2. The van der Waals surface area contributed by atoms with Crippen LogP contribution in [0.25, 0.3) is 27.8 Å². The van der Waals surface area contributed by atoms with Crippen molar-refractivity contribution in [2.45, 2.75) is 38.6 Å². The van der Waals surface area contributed by atoms with E-state index in [4.69, 9.17) is 11.6 Å². The van der Waals surface area contributed by atoms with Crippen molar-refractivity contribution in [3.8, 4) is 11.3 Å². The highest BCUT2D eigenvalue weighted by molar-refractivity contribution is 6.30. The number of aromatic amines is 1. The number of hydrogen-bond donors (Lipinski definition) is 2. The molecule has 0 bridgehead atoms. The first kappa shape index (κ1) is 19.8. The molecule has 0 radical (unpaired) electrons. The highest BCUT2D eigenvalue weighted by Crippen LogP contribution is 2.25. The molecular weight excluding hydrogens is 414 g/mol. The molecule has 31 heavy (non-hydrogen) atoms. The fourth-order valence-electron chi connectivity index (χ4n) is 4.24. The number of carbonyl (C=O) groups excluding carboxylic acids is 1. The van der Waals surface area contributed by atoms with E-state index in [0.717, 1.165) is 37.2 Å². The van der Waals surface area contributed by atoms with Gasteiger partial charge < -0.3 is 5.32 Å². The predicted octanol–water partition coefficient (Wildman–Crippen LogP) is 4.20. The van der Waals surface area contributed by atoms with Crippen molar-refractivity contribution in [1.82, 2.24) is 25.1 Å². The van der Waals surface area contributed by atoms with E-state index in [1.165, 1.54) is 0 Å². The van der Waals surface area contributed by atoms with Crippen LogP contribution in [0.5, 0.6) is 0 Å². The minimum Gasteiger partial charge on any atom is -0.349 e. The van der Waals surface area contributed by atoms with Crippen LogP contribution in [-0.4, -0.2) is 31.8 Å². The zero-order valence-corrected chi connectivity index (χ0v) is 17.8. The molecule has 1 aliphatic rings. The minimum atomic E-state index is -0.361. The maximum atomic E-state index is 12.9. The number of fused-ring (bicyclic) bond motifs is 3. The summed E-state index contributed by atoms with van der Waals surface area (Å²) < 4.78 is 1.64. The molecule has 0 saturated heterocycles. The Morgan fingerprint density at radius 2 is 1.87 bits per heavy atom. The number of hydrogen-bond acceptors (Lipinski definition) is 4. The molecule has 4 aromatic rings. The third kappa shape index (κ3) is 3.70. The van der Waals surface area contributed by atoms with Crippen molar-refractivity contribution in [3.05, 3.63) is 63.4 Å². The summed E-state index contributed by atoms with van der Waals surface area (Å²) in [7, 11) is 0. The summed E-state index contributed by atoms with van der Waals surface area (Å²) in [6.45, 7) is 2.25. The standard InChI is InChI=1S/C23H22ClN5O2/c1-13-2-9-17(10-3-13)25-22(30)15-6-11-18-19(12-15)29-21(26-23(18)31)20(27-28-29)14-4-7-16(24)8-5-14/h4-8,11-13,17,28H,2-3,9-10H2,1H3,(H,25,30). The number of amides is 1. The molecule has 2 N–H and O–H groups in total. The number of nitrogens with zero attached hydrogens (tertiary/aromatic N) is 3. The van der Waals surface area contributed by atoms with E-state index in [2.05, 4.69) is 27.5 Å². The lowest BCUT2D eigenvalue weighted by molar-refractivity contribution is 0.0923. The Kier molecular flexibility index (Phi) is 4.98. The zero-order valence-electron chi connectivity index (χ0n) is 17.1. The van der Waals surface area contributed by atoms with Gasteiger partial charge >= 0.3 is 0 Å². The molecule has 0 atom stereocenters. The third-order valence-electron chi connectivity index (χ3n) is 6.09. The fourth-order valence-corrected chi connectivity index (χ4v) is 4.37. The molecule has 2 aromatic heterocycles. The molecule has 2 heterocycles. The average molecular weight is 436 g/mol. The van der Waals surface area contributed by atoms with E-state index < -0.39 is 0 Å². The van der Waals surface area contributed by atoms with E-state index >= 15 is 0 Å². The topological polar surface area (TPSA) is 92.2 Å². The van der Waals surface area contributed by atoms with Gasteiger partial charge in [-0.2, -0.15) is 10.1 Å². The first-order chi connectivity index (χ1) is 15.0. The molecule has 8 heteroatoms. The maximum Gasteiger partial charge on any atom is 0.281 e. The molecule has 0 spiro atoms. The smallest absolute Gasteiger partial charge is 0.281 e. The molecule has 0 unspecified atom stereocenters. The molecule has 1 fully saturated rings. The van der Waals surface area contributed by atoms with Crippen molar-refractivity contribution in [1.29, 1.82) is 0 Å². The highest BCUT2D eigenvalue weighted by Gasteiger charge is 2.21. The Morgan fingerprint density at radius 3 is 2.61 bits per heavy atom. The Morgan fingerprint density at radius 1 is 1.13 bits per heavy atom. The van der Waals surface area contributed by atoms with E-state index in [1.54, 1.807) is 34.8 Å². The van der Waals surface area contributed by atoms with Crippen LogP contribution in [-0.2, 0) is 0 Å². The summed E-state index contributed by atoms with van der Waals surface area (Å²) in [5, 5.41) is 11.5. The normalized spacial score (nSPS) is 19.0. The van der Waals surface area contributed by atoms with Gasteiger partial charge in [0.1, 0.15) is 5.69 Å². The number of H-pyrrole nitrogens is 1. The first-order valence-electron chi connectivity index (χ1n) is 10.5. The first-order valence-corrected chi connectivity index (χ1v) is 10.8. The van der Waals surface area contributed by atoms with Crippen LogP contribution in [0.15, 0.2) is 47.3 Å². The molecule has 7 nitrogen and oxygen atoms in total. The average Bonchev–Trinajstić information content (AvgIpc) is 3.19. The summed E-state index contributed by atoms with van der Waals surface area (Å²) in [5.74, 6) is 0.591. The summed E-state index contributed by atoms with van der Waals surface area (Å²) in [6.07, 6.45) is 4.26. The molecule has 158 valence electrons. The van der Waals surface area contributed by atoms with Crippen LogP contribution in [0.3, 0.4) is 0 Å². The molecule has 1 saturated carbocycles. The van der Waals surface area contributed by atoms with Crippen LogP contribution in [0.2, 0.25) is 5.02 Å². The second-order valence-corrected chi connectivity index (χ2v) is 8.74. The second-order valence-electron chi connectivity index (χ2n) is 8.31. The van der Waals surface area contributed by atoms with Gasteiger partial charge in [-0.25, -0.2) is 9.73 Å². The van der Waals surface area contributed by atoms with Gasteiger partial charge in [-0.15, -0.1) is 0 Å². The molecule has 5 rings (SSSR count). The van der Waals surface area contributed by atoms with Crippen molar-refractivity contribution >= 4 is 34.1 Å². The molecule has 0 aliphatic heterocycles. The van der Waals surface area contributed by atoms with Crippen molar-refractivity contribution in [2.24, 2.45) is 5.92 Å². The lowest BCUT2D eigenvalue weighted by atomic mass is 9.87. The Hall–Kier alpha value is -3.19. The van der Waals surface area contributed by atoms with E-state index in [0.29, 0.717) is 32.8 Å². The van der Waals surface area contributed by atoms with Crippen LogP contribution in [0.4, 0.5) is 0 Å². The highest BCUT2D eigenvalue weighted by atomic mass is 35.5. The van der Waals surface area contributed by atoms with Gasteiger partial charge in [0.05, 0.1) is 10.9 Å². The second kappa shape index (κ2) is 7.81. The van der Waals surface area contributed by atoms with Crippen LogP contribution >= 0.6 is 11.6 Å². The van der Waals surface area contributed by atoms with Crippen molar-refractivity contribution < 1.29 is 4.79 Å². The van der Waals surface area contributed by atoms with Gasteiger partial charge in [0.2, 0.25) is 0 Å². The van der Waals surface area contributed by atoms with Gasteiger partial charge in [-0.3, -0.25) is 9.59 Å². The summed E-state index contributed by atoms with van der Waals surface area (Å²) in [4.78, 5) is 29.8. The molecular formula is C23H22ClN5O2. The van der Waals surface area contributed by atoms with E-state index in [9.17, 15) is 9.59 Å². The third-order valence-corrected chi connectivity index (χ3v) is 6.34. The van der Waals surface area contributed by atoms with Gasteiger partial charge in [-0.05, 0) is 61.9 Å². The van der Waals surface area contributed by atoms with E-state index in [-0.39, 0.29) is 17.5 Å². The number of aromatic nitrogens is 4. The monoisotopic (exact) mass is 435 g/mol. The molecule has 1 aliphatic carbocycles. The molecule has 2 aromatic carbocycles. The van der Waals surface area contributed by atoms with E-state index in [1.807, 2.05) is 12.1 Å². The largest absolute Gasteiger partial charge is 0.349 e. The number of rotatable bonds is 3. The fraction of sp³-hybridized carbons (Fsp3) is 0.304.